The molecule has 0 heterocycles. The summed E-state index contributed by atoms with van der Waals surface area (Å²) in [6.07, 6.45) is -1.24. The average Bonchev–Trinajstić information content (AvgIpc) is 3.12. The predicted molar refractivity (Wildman–Crippen MR) is 120 cm³/mol. The molecule has 1 unspecified atom stereocenters. The number of carbonyl (C=O) groups excluding carboxylic acids is 1. The fraction of sp³-hybridized carbons (Fsp3) is 0.269. The normalized spacial score (nSPS) is 13.4. The van der Waals surface area contributed by atoms with Crippen LogP contribution in [-0.2, 0) is 16.1 Å². The van der Waals surface area contributed by atoms with Crippen LogP contribution in [0.5, 0.6) is 0 Å². The van der Waals surface area contributed by atoms with Crippen LogP contribution in [0.25, 0.3) is 11.1 Å². The molecule has 3 aromatic rings. The number of nitrogens with zero attached hydrogens (tertiary/aromatic N) is 1. The number of rotatable bonds is 8. The Labute approximate surface area is 182 Å². The molecule has 0 bridgehead atoms. The summed E-state index contributed by atoms with van der Waals surface area (Å²) >= 11 is 0. The van der Waals surface area contributed by atoms with E-state index in [1.165, 1.54) is 27.2 Å². The highest BCUT2D eigenvalue weighted by molar-refractivity contribution is 5.79. The molecule has 5 heteroatoms. The number of amides is 1. The Hall–Kier alpha value is -3.15. The number of fused-ring (bicyclic) bond motifs is 3. The van der Waals surface area contributed by atoms with Crippen LogP contribution in [0.1, 0.15) is 22.6 Å². The first kappa shape index (κ1) is 21.1. The molecular formula is C26H27NO4. The average molecular weight is 418 g/mol. The van der Waals surface area contributed by atoms with Gasteiger partial charge in [0.05, 0.1) is 25.9 Å². The third-order valence-electron chi connectivity index (χ3n) is 5.55. The van der Waals surface area contributed by atoms with E-state index in [0.717, 1.165) is 5.56 Å². The molecule has 5 nitrogen and oxygen atoms in total. The summed E-state index contributed by atoms with van der Waals surface area (Å²) in [5, 5.41) is 10.2. The van der Waals surface area contributed by atoms with Crippen LogP contribution in [0.3, 0.4) is 0 Å². The first-order valence-electron chi connectivity index (χ1n) is 10.5. The van der Waals surface area contributed by atoms with Crippen LogP contribution in [0, 0.1) is 0 Å². The number of hydrogen-bond acceptors (Lipinski definition) is 4. The van der Waals surface area contributed by atoms with Gasteiger partial charge >= 0.3 is 6.09 Å². The van der Waals surface area contributed by atoms with Gasteiger partial charge in [0.2, 0.25) is 0 Å². The van der Waals surface area contributed by atoms with Gasteiger partial charge in [-0.1, -0.05) is 78.9 Å². The highest BCUT2D eigenvalue weighted by Crippen LogP contribution is 2.44. The molecule has 3 aromatic carbocycles. The van der Waals surface area contributed by atoms with Crippen LogP contribution in [0.2, 0.25) is 0 Å². The SMILES string of the molecule is CN(CC(O)COCc1ccccc1)C(=O)OCC1c2ccccc2-c2ccccc21. The van der Waals surface area contributed by atoms with Gasteiger partial charge in [0.1, 0.15) is 6.61 Å². The zero-order valence-electron chi connectivity index (χ0n) is 17.6. The van der Waals surface area contributed by atoms with Crippen molar-refractivity contribution in [3.8, 4) is 11.1 Å². The van der Waals surface area contributed by atoms with Crippen LogP contribution in [0.15, 0.2) is 78.9 Å². The van der Waals surface area contributed by atoms with E-state index >= 15 is 0 Å². The summed E-state index contributed by atoms with van der Waals surface area (Å²) in [7, 11) is 1.62. The highest BCUT2D eigenvalue weighted by Gasteiger charge is 2.29. The lowest BCUT2D eigenvalue weighted by Crippen LogP contribution is -2.37. The largest absolute Gasteiger partial charge is 0.448 e. The standard InChI is InChI=1S/C26H27NO4/c1-27(15-20(28)17-30-16-19-9-3-2-4-10-19)26(29)31-18-25-23-13-7-5-11-21(23)22-12-6-8-14-24(22)25/h2-14,20,25,28H,15-18H2,1H3. The molecule has 4 rings (SSSR count). The molecule has 31 heavy (non-hydrogen) atoms. The number of aliphatic hydroxyl groups excluding tert-OH is 1. The van der Waals surface area contributed by atoms with Crippen molar-refractivity contribution in [2.45, 2.75) is 18.6 Å². The molecule has 1 amide bonds. The summed E-state index contributed by atoms with van der Waals surface area (Å²) in [5.41, 5.74) is 5.78. The summed E-state index contributed by atoms with van der Waals surface area (Å²) < 4.78 is 11.2. The van der Waals surface area contributed by atoms with Gasteiger partial charge in [-0.05, 0) is 27.8 Å². The molecule has 0 fully saturated rings. The number of hydrogen-bond donors (Lipinski definition) is 1. The minimum Gasteiger partial charge on any atom is -0.448 e. The molecular weight excluding hydrogens is 390 g/mol. The summed E-state index contributed by atoms with van der Waals surface area (Å²) in [5.74, 6) is 0.0175. The van der Waals surface area contributed by atoms with Crippen molar-refractivity contribution in [1.29, 1.82) is 0 Å². The van der Waals surface area contributed by atoms with Gasteiger partial charge in [0.15, 0.2) is 0 Å². The fourth-order valence-corrected chi connectivity index (χ4v) is 4.03. The maximum absolute atomic E-state index is 12.5. The van der Waals surface area contributed by atoms with Crippen molar-refractivity contribution in [2.75, 3.05) is 26.8 Å². The van der Waals surface area contributed by atoms with Gasteiger partial charge in [-0.3, -0.25) is 0 Å². The first-order chi connectivity index (χ1) is 15.1. The Morgan fingerprint density at radius 3 is 2.16 bits per heavy atom. The predicted octanol–water partition coefficient (Wildman–Crippen LogP) is 4.45. The quantitative estimate of drug-likeness (QED) is 0.589. The van der Waals surface area contributed by atoms with Gasteiger partial charge in [-0.25, -0.2) is 4.79 Å². The van der Waals surface area contributed by atoms with Crippen molar-refractivity contribution in [3.05, 3.63) is 95.6 Å². The van der Waals surface area contributed by atoms with Gasteiger partial charge < -0.3 is 19.5 Å². The van der Waals surface area contributed by atoms with E-state index in [1.807, 2.05) is 54.6 Å². The fourth-order valence-electron chi connectivity index (χ4n) is 4.03. The van der Waals surface area contributed by atoms with Crippen LogP contribution < -0.4 is 0 Å². The van der Waals surface area contributed by atoms with Crippen molar-refractivity contribution < 1.29 is 19.4 Å². The van der Waals surface area contributed by atoms with Gasteiger partial charge in [-0.15, -0.1) is 0 Å². The van der Waals surface area contributed by atoms with Crippen LogP contribution in [-0.4, -0.2) is 49.0 Å². The Bertz CT molecular complexity index is 975. The number of ether oxygens (including phenoxy) is 2. The van der Waals surface area contributed by atoms with Crippen molar-refractivity contribution in [2.24, 2.45) is 0 Å². The Morgan fingerprint density at radius 1 is 0.935 bits per heavy atom. The monoisotopic (exact) mass is 417 g/mol. The highest BCUT2D eigenvalue weighted by atomic mass is 16.6. The molecule has 0 aliphatic heterocycles. The summed E-state index contributed by atoms with van der Waals surface area (Å²) in [4.78, 5) is 13.9. The van der Waals surface area contributed by atoms with E-state index in [-0.39, 0.29) is 25.7 Å². The van der Waals surface area contributed by atoms with E-state index in [9.17, 15) is 9.90 Å². The topological polar surface area (TPSA) is 59.0 Å². The second-order valence-electron chi connectivity index (χ2n) is 7.84. The smallest absolute Gasteiger partial charge is 0.409 e. The molecule has 0 spiro atoms. The molecule has 0 radical (unpaired) electrons. The van der Waals surface area contributed by atoms with E-state index in [4.69, 9.17) is 9.47 Å². The van der Waals surface area contributed by atoms with Gasteiger partial charge in [0.25, 0.3) is 0 Å². The Morgan fingerprint density at radius 2 is 1.52 bits per heavy atom. The van der Waals surface area contributed by atoms with E-state index in [2.05, 4.69) is 24.3 Å². The van der Waals surface area contributed by atoms with E-state index in [0.29, 0.717) is 6.61 Å². The van der Waals surface area contributed by atoms with E-state index < -0.39 is 12.2 Å². The Kier molecular flexibility index (Phi) is 6.65. The van der Waals surface area contributed by atoms with Crippen molar-refractivity contribution >= 4 is 6.09 Å². The minimum absolute atomic E-state index is 0.0175. The summed E-state index contributed by atoms with van der Waals surface area (Å²) in [6, 6.07) is 26.2. The maximum Gasteiger partial charge on any atom is 0.409 e. The second kappa shape index (κ2) is 9.77. The van der Waals surface area contributed by atoms with Crippen molar-refractivity contribution in [1.82, 2.24) is 4.90 Å². The number of carbonyl (C=O) groups is 1. The Balaban J connectivity index is 1.28. The number of benzene rings is 3. The van der Waals surface area contributed by atoms with Gasteiger partial charge in [0, 0.05) is 13.0 Å². The number of likely N-dealkylation sites (N-methyl/N-ethyl adjacent to an activating group) is 1. The molecule has 1 aliphatic carbocycles. The molecule has 1 N–H and O–H groups in total. The zero-order valence-corrected chi connectivity index (χ0v) is 17.6. The zero-order chi connectivity index (χ0) is 21.6. The first-order valence-corrected chi connectivity index (χ1v) is 10.5. The van der Waals surface area contributed by atoms with Crippen LogP contribution >= 0.6 is 0 Å². The lowest BCUT2D eigenvalue weighted by Gasteiger charge is -2.22. The second-order valence-corrected chi connectivity index (χ2v) is 7.84. The van der Waals surface area contributed by atoms with Gasteiger partial charge in [-0.2, -0.15) is 0 Å². The third kappa shape index (κ3) is 4.95. The molecule has 1 atom stereocenters. The minimum atomic E-state index is -0.783. The maximum atomic E-state index is 12.5. The molecule has 160 valence electrons. The molecule has 0 aromatic heterocycles. The molecule has 0 saturated carbocycles. The third-order valence-corrected chi connectivity index (χ3v) is 5.55. The lowest BCUT2D eigenvalue weighted by molar-refractivity contribution is 0.0117. The number of aliphatic hydroxyl groups is 1. The van der Waals surface area contributed by atoms with Crippen LogP contribution in [0.4, 0.5) is 4.79 Å². The summed E-state index contributed by atoms with van der Waals surface area (Å²) in [6.45, 7) is 0.978. The van der Waals surface area contributed by atoms with Crippen molar-refractivity contribution in [3.63, 3.8) is 0 Å². The van der Waals surface area contributed by atoms with E-state index in [1.54, 1.807) is 7.05 Å². The molecule has 0 saturated heterocycles. The molecule has 1 aliphatic rings. The lowest BCUT2D eigenvalue weighted by atomic mass is 9.98.